The van der Waals surface area contributed by atoms with Crippen LogP contribution in [-0.4, -0.2) is 20.4 Å². The number of hydrogen-bond donors (Lipinski definition) is 2. The first-order chi connectivity index (χ1) is 12.9. The van der Waals surface area contributed by atoms with Crippen LogP contribution in [-0.2, 0) is 10.0 Å². The number of rotatable bonds is 5. The second-order valence-electron chi connectivity index (χ2n) is 7.70. The molecular formula is C21H24N2O3S. The molecule has 0 heterocycles. The summed E-state index contributed by atoms with van der Waals surface area (Å²) in [6.07, 6.45) is 4.77. The van der Waals surface area contributed by atoms with Crippen LogP contribution in [0.15, 0.2) is 53.4 Å². The molecule has 2 aromatic rings. The van der Waals surface area contributed by atoms with Crippen molar-refractivity contribution in [1.82, 2.24) is 5.32 Å². The van der Waals surface area contributed by atoms with Crippen molar-refractivity contribution >= 4 is 21.6 Å². The third kappa shape index (κ3) is 3.72. The fourth-order valence-corrected chi connectivity index (χ4v) is 5.49. The monoisotopic (exact) mass is 384 g/mol. The zero-order chi connectivity index (χ0) is 19.0. The quantitative estimate of drug-likeness (QED) is 0.825. The average Bonchev–Trinajstić information content (AvgIpc) is 3.27. The maximum absolute atomic E-state index is 12.7. The summed E-state index contributed by atoms with van der Waals surface area (Å²) in [5, 5.41) is 3.15. The number of amides is 1. The molecule has 2 bridgehead atoms. The molecule has 0 spiro atoms. The first-order valence-corrected chi connectivity index (χ1v) is 10.9. The van der Waals surface area contributed by atoms with Crippen molar-refractivity contribution in [2.75, 3.05) is 4.72 Å². The van der Waals surface area contributed by atoms with Gasteiger partial charge in [-0.2, -0.15) is 0 Å². The number of carbonyl (C=O) groups excluding carboxylic acids is 1. The van der Waals surface area contributed by atoms with E-state index in [1.807, 2.05) is 6.92 Å². The molecule has 1 amide bonds. The van der Waals surface area contributed by atoms with E-state index < -0.39 is 10.0 Å². The molecule has 0 radical (unpaired) electrons. The smallest absolute Gasteiger partial charge is 0.261 e. The van der Waals surface area contributed by atoms with Crippen molar-refractivity contribution in [2.24, 2.45) is 11.8 Å². The molecule has 0 aliphatic heterocycles. The van der Waals surface area contributed by atoms with E-state index in [9.17, 15) is 13.2 Å². The third-order valence-corrected chi connectivity index (χ3v) is 7.23. The number of aryl methyl sites for hydroxylation is 1. The minimum Gasteiger partial charge on any atom is -0.349 e. The lowest BCUT2D eigenvalue weighted by atomic mass is 9.95. The largest absolute Gasteiger partial charge is 0.349 e. The molecular weight excluding hydrogens is 360 g/mol. The summed E-state index contributed by atoms with van der Waals surface area (Å²) in [6.45, 7) is 1.82. The number of nitrogens with one attached hydrogen (secondary N) is 2. The van der Waals surface area contributed by atoms with Crippen molar-refractivity contribution < 1.29 is 13.2 Å². The molecule has 2 aromatic carbocycles. The summed E-state index contributed by atoms with van der Waals surface area (Å²) in [6, 6.07) is 13.6. The van der Waals surface area contributed by atoms with Gasteiger partial charge in [-0.05, 0) is 67.9 Å². The minimum atomic E-state index is -3.69. The predicted octanol–water partition coefficient (Wildman–Crippen LogP) is 3.71. The molecule has 2 saturated carbocycles. The fraction of sp³-hybridized carbons (Fsp3) is 0.381. The minimum absolute atomic E-state index is 0.132. The lowest BCUT2D eigenvalue weighted by molar-refractivity contribution is 0.0923. The maximum atomic E-state index is 12.7. The Bertz CT molecular complexity index is 957. The number of fused-ring (bicyclic) bond motifs is 2. The molecule has 2 N–H and O–H groups in total. The number of carbonyl (C=O) groups is 1. The van der Waals surface area contributed by atoms with E-state index in [0.29, 0.717) is 17.2 Å². The highest BCUT2D eigenvalue weighted by molar-refractivity contribution is 7.92. The molecule has 2 aliphatic carbocycles. The van der Waals surface area contributed by atoms with Crippen molar-refractivity contribution in [1.29, 1.82) is 0 Å². The Morgan fingerprint density at radius 1 is 1.04 bits per heavy atom. The van der Waals surface area contributed by atoms with Gasteiger partial charge in [0.15, 0.2) is 0 Å². The summed E-state index contributed by atoms with van der Waals surface area (Å²) >= 11 is 0. The molecule has 142 valence electrons. The Kier molecular flexibility index (Phi) is 4.68. The van der Waals surface area contributed by atoms with E-state index in [-0.39, 0.29) is 16.8 Å². The Hall–Kier alpha value is -2.34. The molecule has 5 nitrogen and oxygen atoms in total. The van der Waals surface area contributed by atoms with Gasteiger partial charge >= 0.3 is 0 Å². The van der Waals surface area contributed by atoms with E-state index in [1.165, 1.54) is 19.3 Å². The van der Waals surface area contributed by atoms with Crippen LogP contribution in [0.3, 0.4) is 0 Å². The van der Waals surface area contributed by atoms with Gasteiger partial charge in [0, 0.05) is 11.6 Å². The SMILES string of the molecule is Cc1ccc(C(=O)N[C@H]2C[C@H]3CC[C@H]2C3)cc1NS(=O)(=O)c1ccccc1. The topological polar surface area (TPSA) is 75.3 Å². The van der Waals surface area contributed by atoms with Gasteiger partial charge in [0.25, 0.3) is 15.9 Å². The van der Waals surface area contributed by atoms with Crippen molar-refractivity contribution in [3.63, 3.8) is 0 Å². The van der Waals surface area contributed by atoms with Crippen LogP contribution in [0.1, 0.15) is 41.6 Å². The number of anilines is 1. The molecule has 27 heavy (non-hydrogen) atoms. The third-order valence-electron chi connectivity index (χ3n) is 5.85. The molecule has 6 heteroatoms. The molecule has 0 saturated heterocycles. The summed E-state index contributed by atoms with van der Waals surface area (Å²) in [5.41, 5.74) is 1.68. The molecule has 2 fully saturated rings. The normalized spacial score (nSPS) is 24.0. The zero-order valence-corrected chi connectivity index (χ0v) is 16.1. The molecule has 3 atom stereocenters. The first kappa shape index (κ1) is 18.0. The van der Waals surface area contributed by atoms with Gasteiger partial charge in [0.1, 0.15) is 0 Å². The van der Waals surface area contributed by atoms with Crippen LogP contribution in [0.2, 0.25) is 0 Å². The van der Waals surface area contributed by atoms with Gasteiger partial charge in [-0.25, -0.2) is 8.42 Å². The van der Waals surface area contributed by atoms with E-state index in [1.54, 1.807) is 48.5 Å². The van der Waals surface area contributed by atoms with E-state index in [0.717, 1.165) is 17.9 Å². The van der Waals surface area contributed by atoms with Gasteiger partial charge in [-0.3, -0.25) is 9.52 Å². The first-order valence-electron chi connectivity index (χ1n) is 9.42. The Morgan fingerprint density at radius 3 is 2.48 bits per heavy atom. The summed E-state index contributed by atoms with van der Waals surface area (Å²) in [5.74, 6) is 1.22. The predicted molar refractivity (Wildman–Crippen MR) is 105 cm³/mol. The Morgan fingerprint density at radius 2 is 1.81 bits per heavy atom. The fourth-order valence-electron chi connectivity index (χ4n) is 4.35. The second kappa shape index (κ2) is 7.00. The maximum Gasteiger partial charge on any atom is 0.261 e. The van der Waals surface area contributed by atoms with Crippen LogP contribution < -0.4 is 10.0 Å². The number of benzene rings is 2. The van der Waals surface area contributed by atoms with Crippen molar-refractivity contribution in [3.8, 4) is 0 Å². The Balaban J connectivity index is 1.52. The van der Waals surface area contributed by atoms with E-state index in [2.05, 4.69) is 10.0 Å². The zero-order valence-electron chi connectivity index (χ0n) is 15.3. The van der Waals surface area contributed by atoms with Crippen LogP contribution in [0.4, 0.5) is 5.69 Å². The summed E-state index contributed by atoms with van der Waals surface area (Å²) in [7, 11) is -3.69. The van der Waals surface area contributed by atoms with Crippen molar-refractivity contribution in [3.05, 3.63) is 59.7 Å². The lowest BCUT2D eigenvalue weighted by Crippen LogP contribution is -2.38. The molecule has 2 aliphatic rings. The molecule has 0 aromatic heterocycles. The molecule has 4 rings (SSSR count). The van der Waals surface area contributed by atoms with Gasteiger partial charge < -0.3 is 5.32 Å². The second-order valence-corrected chi connectivity index (χ2v) is 9.39. The summed E-state index contributed by atoms with van der Waals surface area (Å²) in [4.78, 5) is 12.9. The average molecular weight is 385 g/mol. The van der Waals surface area contributed by atoms with Crippen molar-refractivity contribution in [2.45, 2.75) is 43.5 Å². The highest BCUT2D eigenvalue weighted by Gasteiger charge is 2.40. The van der Waals surface area contributed by atoms with Crippen LogP contribution in [0.5, 0.6) is 0 Å². The molecule has 0 unspecified atom stereocenters. The Labute approximate surface area is 160 Å². The highest BCUT2D eigenvalue weighted by atomic mass is 32.2. The van der Waals surface area contributed by atoms with Crippen LogP contribution in [0, 0.1) is 18.8 Å². The van der Waals surface area contributed by atoms with E-state index >= 15 is 0 Å². The standard InChI is InChI=1S/C21H24N2O3S/c1-14-7-9-17(21(24)22-20-12-15-8-10-16(20)11-15)13-19(14)23-27(25,26)18-5-3-2-4-6-18/h2-7,9,13,15-16,20,23H,8,10-12H2,1H3,(H,22,24)/t15-,16-,20-/m0/s1. The highest BCUT2D eigenvalue weighted by Crippen LogP contribution is 2.44. The number of sulfonamides is 1. The van der Waals surface area contributed by atoms with Crippen LogP contribution >= 0.6 is 0 Å². The van der Waals surface area contributed by atoms with Gasteiger partial charge in [0.05, 0.1) is 10.6 Å². The number of hydrogen-bond acceptors (Lipinski definition) is 3. The lowest BCUT2D eigenvalue weighted by Gasteiger charge is -2.23. The van der Waals surface area contributed by atoms with Crippen LogP contribution in [0.25, 0.3) is 0 Å². The van der Waals surface area contributed by atoms with Gasteiger partial charge in [0.2, 0.25) is 0 Å². The van der Waals surface area contributed by atoms with E-state index in [4.69, 9.17) is 0 Å². The van der Waals surface area contributed by atoms with Gasteiger partial charge in [-0.1, -0.05) is 30.7 Å². The van der Waals surface area contributed by atoms with Gasteiger partial charge in [-0.15, -0.1) is 0 Å². The summed E-state index contributed by atoms with van der Waals surface area (Å²) < 4.78 is 27.8.